The maximum atomic E-state index is 5.91. The van der Waals surface area contributed by atoms with Crippen molar-refractivity contribution < 1.29 is 22.8 Å². The summed E-state index contributed by atoms with van der Waals surface area (Å²) in [4.78, 5) is 0. The molecule has 1 aliphatic rings. The smallest absolute Gasteiger partial charge is 0.465 e. The fourth-order valence-electron chi connectivity index (χ4n) is 2.83. The first-order valence-electron chi connectivity index (χ1n) is 9.00. The molecule has 1 atom stereocenters. The zero-order valence-electron chi connectivity index (χ0n) is 15.1. The highest BCUT2D eigenvalue weighted by atomic mass is 28.4. The molecule has 0 aromatic heterocycles. The lowest BCUT2D eigenvalue weighted by Crippen LogP contribution is -2.48. The van der Waals surface area contributed by atoms with Gasteiger partial charge < -0.3 is 22.8 Å². The van der Waals surface area contributed by atoms with Gasteiger partial charge in [-0.25, -0.2) is 0 Å². The van der Waals surface area contributed by atoms with Crippen LogP contribution in [0, 0.1) is 0 Å². The predicted molar refractivity (Wildman–Crippen MR) is 95.0 cm³/mol. The van der Waals surface area contributed by atoms with Crippen LogP contribution in [0.1, 0.15) is 45.6 Å². The molecule has 0 spiro atoms. The lowest BCUT2D eigenvalue weighted by atomic mass is 10.2. The summed E-state index contributed by atoms with van der Waals surface area (Å²) in [7, 11) is -2.66. The molecule has 2 rings (SSSR count). The largest absolute Gasteiger partial charge is 0.505 e. The molecule has 1 aliphatic heterocycles. The molecule has 1 fully saturated rings. The molecule has 136 valence electrons. The van der Waals surface area contributed by atoms with E-state index < -0.39 is 8.80 Å². The maximum Gasteiger partial charge on any atom is 0.505 e. The van der Waals surface area contributed by atoms with Crippen LogP contribution in [-0.2, 0) is 24.1 Å². The Kier molecular flexibility index (Phi) is 8.21. The lowest BCUT2D eigenvalue weighted by Gasteiger charge is -2.28. The van der Waals surface area contributed by atoms with Gasteiger partial charge in [0.25, 0.3) is 0 Å². The van der Waals surface area contributed by atoms with Crippen LogP contribution in [-0.4, -0.2) is 41.5 Å². The second-order valence-corrected chi connectivity index (χ2v) is 8.30. The Balaban J connectivity index is 1.99. The Morgan fingerprint density at radius 3 is 2.08 bits per heavy atom. The average Bonchev–Trinajstić information content (AvgIpc) is 2.58. The number of benzene rings is 1. The Morgan fingerprint density at radius 1 is 0.958 bits per heavy atom. The van der Waals surface area contributed by atoms with E-state index in [1.54, 1.807) is 0 Å². The lowest BCUT2D eigenvalue weighted by molar-refractivity contribution is -0.105. The first-order valence-corrected chi connectivity index (χ1v) is 10.9. The van der Waals surface area contributed by atoms with E-state index in [2.05, 4.69) is 12.1 Å². The van der Waals surface area contributed by atoms with Gasteiger partial charge in [0.2, 0.25) is 0 Å². The summed E-state index contributed by atoms with van der Waals surface area (Å²) in [6.45, 7) is 8.47. The summed E-state index contributed by atoms with van der Waals surface area (Å²) in [6, 6.07) is 8.74. The summed E-state index contributed by atoms with van der Waals surface area (Å²) >= 11 is 0. The second kappa shape index (κ2) is 10.2. The topological polar surface area (TPSA) is 46.2 Å². The van der Waals surface area contributed by atoms with E-state index in [0.29, 0.717) is 25.9 Å². The molecule has 1 saturated heterocycles. The zero-order valence-corrected chi connectivity index (χ0v) is 16.1. The minimum Gasteiger partial charge on any atom is -0.465 e. The maximum absolute atomic E-state index is 5.91. The van der Waals surface area contributed by atoms with Crippen molar-refractivity contribution in [3.63, 3.8) is 0 Å². The molecule has 1 aromatic rings. The van der Waals surface area contributed by atoms with Gasteiger partial charge in [-0.1, -0.05) is 12.1 Å². The van der Waals surface area contributed by atoms with Crippen LogP contribution >= 0.6 is 0 Å². The predicted octanol–water partition coefficient (Wildman–Crippen LogP) is 3.72. The van der Waals surface area contributed by atoms with Crippen molar-refractivity contribution >= 4 is 8.80 Å². The quantitative estimate of drug-likeness (QED) is 0.599. The van der Waals surface area contributed by atoms with Crippen LogP contribution < -0.4 is 4.74 Å². The van der Waals surface area contributed by atoms with Gasteiger partial charge in [0.05, 0.1) is 6.61 Å². The van der Waals surface area contributed by atoms with E-state index in [9.17, 15) is 0 Å². The van der Waals surface area contributed by atoms with Gasteiger partial charge in [-0.05, 0) is 51.3 Å². The molecular formula is C18H30O5Si. The molecule has 0 saturated carbocycles. The first kappa shape index (κ1) is 19.4. The molecule has 5 nitrogen and oxygen atoms in total. The third-order valence-corrected chi connectivity index (χ3v) is 6.87. The normalized spacial score (nSPS) is 18.5. The van der Waals surface area contributed by atoms with Crippen molar-refractivity contribution in [3.8, 4) is 5.75 Å². The Hall–Kier alpha value is -0.923. The SMILES string of the molecule is CCO[Si](Cc1ccc(OC2CCCCO2)cc1)(OCC)OCC. The Labute approximate surface area is 146 Å². The fourth-order valence-corrected chi connectivity index (χ4v) is 5.44. The van der Waals surface area contributed by atoms with Gasteiger partial charge >= 0.3 is 8.80 Å². The standard InChI is InChI=1S/C18H30O5Si/c1-4-20-24(21-5-2,22-6-3)15-16-10-12-17(13-11-16)23-18-9-7-8-14-19-18/h10-13,18H,4-9,14-15H2,1-3H3. The van der Waals surface area contributed by atoms with Crippen LogP contribution in [0.25, 0.3) is 0 Å². The summed E-state index contributed by atoms with van der Waals surface area (Å²) in [6.07, 6.45) is 3.12. The van der Waals surface area contributed by atoms with Gasteiger partial charge in [0.15, 0.2) is 6.29 Å². The van der Waals surface area contributed by atoms with E-state index in [4.69, 9.17) is 22.8 Å². The van der Waals surface area contributed by atoms with Crippen LogP contribution in [0.5, 0.6) is 5.75 Å². The molecule has 0 radical (unpaired) electrons. The van der Waals surface area contributed by atoms with Gasteiger partial charge in [0.1, 0.15) is 5.75 Å². The van der Waals surface area contributed by atoms with E-state index in [1.165, 1.54) is 0 Å². The Morgan fingerprint density at radius 2 is 1.58 bits per heavy atom. The van der Waals surface area contributed by atoms with Crippen LogP contribution in [0.2, 0.25) is 0 Å². The van der Waals surface area contributed by atoms with Crippen molar-refractivity contribution in [2.45, 2.75) is 52.4 Å². The van der Waals surface area contributed by atoms with Crippen molar-refractivity contribution in [3.05, 3.63) is 29.8 Å². The van der Waals surface area contributed by atoms with E-state index >= 15 is 0 Å². The Bertz CT molecular complexity index is 442. The van der Waals surface area contributed by atoms with Crippen LogP contribution in [0.4, 0.5) is 0 Å². The first-order chi connectivity index (χ1) is 11.7. The fraction of sp³-hybridized carbons (Fsp3) is 0.667. The number of ether oxygens (including phenoxy) is 2. The molecule has 0 bridgehead atoms. The molecule has 1 heterocycles. The highest BCUT2D eigenvalue weighted by molar-refractivity contribution is 6.60. The van der Waals surface area contributed by atoms with Gasteiger partial charge in [-0.15, -0.1) is 0 Å². The molecule has 0 aliphatic carbocycles. The number of hydrogen-bond donors (Lipinski definition) is 0. The van der Waals surface area contributed by atoms with Gasteiger partial charge in [-0.3, -0.25) is 0 Å². The minimum absolute atomic E-state index is 0.117. The highest BCUT2D eigenvalue weighted by Gasteiger charge is 2.40. The average molecular weight is 355 g/mol. The summed E-state index contributed by atoms with van der Waals surface area (Å²) < 4.78 is 29.2. The summed E-state index contributed by atoms with van der Waals surface area (Å²) in [5.41, 5.74) is 1.13. The van der Waals surface area contributed by atoms with Crippen molar-refractivity contribution in [2.24, 2.45) is 0 Å². The number of rotatable bonds is 10. The monoisotopic (exact) mass is 354 g/mol. The molecule has 1 aromatic carbocycles. The minimum atomic E-state index is -2.66. The molecule has 0 amide bonds. The van der Waals surface area contributed by atoms with E-state index in [1.807, 2.05) is 32.9 Å². The molecule has 0 N–H and O–H groups in total. The third-order valence-electron chi connectivity index (χ3n) is 3.84. The summed E-state index contributed by atoms with van der Waals surface area (Å²) in [5.74, 6) is 0.835. The number of hydrogen-bond acceptors (Lipinski definition) is 5. The molecular weight excluding hydrogens is 324 g/mol. The zero-order chi connectivity index (χ0) is 17.3. The molecule has 6 heteroatoms. The van der Waals surface area contributed by atoms with Gasteiger partial charge in [0, 0.05) is 32.3 Å². The van der Waals surface area contributed by atoms with Crippen molar-refractivity contribution in [1.29, 1.82) is 0 Å². The van der Waals surface area contributed by atoms with Crippen LogP contribution in [0.3, 0.4) is 0 Å². The summed E-state index contributed by atoms with van der Waals surface area (Å²) in [5, 5.41) is 0. The van der Waals surface area contributed by atoms with Crippen molar-refractivity contribution in [1.82, 2.24) is 0 Å². The van der Waals surface area contributed by atoms with E-state index in [-0.39, 0.29) is 6.29 Å². The molecule has 24 heavy (non-hydrogen) atoms. The second-order valence-electron chi connectivity index (χ2n) is 5.72. The van der Waals surface area contributed by atoms with Gasteiger partial charge in [-0.2, -0.15) is 0 Å². The third kappa shape index (κ3) is 5.86. The van der Waals surface area contributed by atoms with E-state index in [0.717, 1.165) is 37.2 Å². The van der Waals surface area contributed by atoms with Crippen LogP contribution in [0.15, 0.2) is 24.3 Å². The van der Waals surface area contributed by atoms with Crippen molar-refractivity contribution in [2.75, 3.05) is 26.4 Å². The molecule has 1 unspecified atom stereocenters. The highest BCUT2D eigenvalue weighted by Crippen LogP contribution is 2.22.